The van der Waals surface area contributed by atoms with E-state index in [-0.39, 0.29) is 0 Å². The van der Waals surface area contributed by atoms with E-state index in [1.165, 1.54) is 14.2 Å². The van der Waals surface area contributed by atoms with Crippen molar-refractivity contribution < 1.29 is 19.0 Å². The average Bonchev–Trinajstić information content (AvgIpc) is 2.26. The molecule has 0 saturated heterocycles. The molecule has 0 aliphatic rings. The monoisotopic (exact) mass is 287 g/mol. The van der Waals surface area contributed by atoms with E-state index in [4.69, 9.17) is 25.8 Å². The largest absolute Gasteiger partial charge is 0.495 e. The number of carbonyl (C=O) groups excluding carboxylic acids is 1. The van der Waals surface area contributed by atoms with Crippen LogP contribution in [0.15, 0.2) is 12.1 Å². The Hall–Kier alpha value is -1.62. The summed E-state index contributed by atoms with van der Waals surface area (Å²) in [7, 11) is 2.99. The third-order valence-electron chi connectivity index (χ3n) is 2.11. The summed E-state index contributed by atoms with van der Waals surface area (Å²) in [5.41, 5.74) is -0.157. The molecular formula is C13H18ClNO4. The highest BCUT2D eigenvalue weighted by atomic mass is 35.5. The second-order valence-corrected chi connectivity index (χ2v) is 5.22. The zero-order chi connectivity index (χ0) is 14.6. The van der Waals surface area contributed by atoms with Crippen LogP contribution >= 0.6 is 11.6 Å². The zero-order valence-electron chi connectivity index (χ0n) is 11.7. The normalized spacial score (nSPS) is 10.8. The summed E-state index contributed by atoms with van der Waals surface area (Å²) >= 11 is 6.00. The SMILES string of the molecule is COc1cc(OC)c(NC(=O)OC(C)(C)C)cc1Cl. The van der Waals surface area contributed by atoms with Crippen molar-refractivity contribution in [2.45, 2.75) is 26.4 Å². The Kier molecular flexibility index (Phi) is 4.89. The van der Waals surface area contributed by atoms with Crippen molar-refractivity contribution in [2.75, 3.05) is 19.5 Å². The van der Waals surface area contributed by atoms with Crippen molar-refractivity contribution in [3.05, 3.63) is 17.2 Å². The lowest BCUT2D eigenvalue weighted by atomic mass is 10.2. The van der Waals surface area contributed by atoms with E-state index in [0.717, 1.165) is 0 Å². The van der Waals surface area contributed by atoms with Gasteiger partial charge in [0.1, 0.15) is 17.1 Å². The van der Waals surface area contributed by atoms with Gasteiger partial charge in [0.2, 0.25) is 0 Å². The van der Waals surface area contributed by atoms with Gasteiger partial charge in [-0.1, -0.05) is 11.6 Å². The molecule has 1 aromatic carbocycles. The highest BCUT2D eigenvalue weighted by molar-refractivity contribution is 6.32. The van der Waals surface area contributed by atoms with E-state index in [1.807, 2.05) is 0 Å². The lowest BCUT2D eigenvalue weighted by molar-refractivity contribution is 0.0635. The van der Waals surface area contributed by atoms with Crippen molar-refractivity contribution in [3.8, 4) is 11.5 Å². The number of carbonyl (C=O) groups is 1. The Morgan fingerprint density at radius 2 is 1.74 bits per heavy atom. The fourth-order valence-electron chi connectivity index (χ4n) is 1.37. The van der Waals surface area contributed by atoms with E-state index < -0.39 is 11.7 Å². The number of hydrogen-bond acceptors (Lipinski definition) is 4. The molecule has 0 spiro atoms. The standard InChI is InChI=1S/C13H18ClNO4/c1-13(2,3)19-12(16)15-9-6-8(14)10(17-4)7-11(9)18-5/h6-7H,1-5H3,(H,15,16). The molecule has 0 aliphatic heterocycles. The first-order chi connectivity index (χ1) is 8.76. The van der Waals surface area contributed by atoms with Gasteiger partial charge in [-0.15, -0.1) is 0 Å². The Bertz CT molecular complexity index is 468. The minimum atomic E-state index is -0.577. The number of amides is 1. The van der Waals surface area contributed by atoms with Crippen LogP contribution in [0.3, 0.4) is 0 Å². The smallest absolute Gasteiger partial charge is 0.412 e. The number of anilines is 1. The first kappa shape index (κ1) is 15.4. The van der Waals surface area contributed by atoms with Gasteiger partial charge in [0.25, 0.3) is 0 Å². The number of methoxy groups -OCH3 is 2. The van der Waals surface area contributed by atoms with Gasteiger partial charge in [0, 0.05) is 6.07 Å². The molecule has 6 heteroatoms. The molecule has 0 bridgehead atoms. The average molecular weight is 288 g/mol. The number of hydrogen-bond donors (Lipinski definition) is 1. The van der Waals surface area contributed by atoms with E-state index in [1.54, 1.807) is 32.9 Å². The fourth-order valence-corrected chi connectivity index (χ4v) is 1.61. The topological polar surface area (TPSA) is 56.8 Å². The van der Waals surface area contributed by atoms with Crippen LogP contribution < -0.4 is 14.8 Å². The number of ether oxygens (including phenoxy) is 3. The van der Waals surface area contributed by atoms with Crippen LogP contribution in [0.1, 0.15) is 20.8 Å². The van der Waals surface area contributed by atoms with Crippen molar-refractivity contribution in [1.29, 1.82) is 0 Å². The molecule has 106 valence electrons. The number of benzene rings is 1. The van der Waals surface area contributed by atoms with Crippen molar-refractivity contribution in [2.24, 2.45) is 0 Å². The molecule has 0 unspecified atom stereocenters. The van der Waals surface area contributed by atoms with Gasteiger partial charge in [0.05, 0.1) is 24.9 Å². The molecule has 0 aromatic heterocycles. The van der Waals surface area contributed by atoms with Gasteiger partial charge >= 0.3 is 6.09 Å². The molecule has 19 heavy (non-hydrogen) atoms. The maximum Gasteiger partial charge on any atom is 0.412 e. The fraction of sp³-hybridized carbons (Fsp3) is 0.462. The quantitative estimate of drug-likeness (QED) is 0.921. The predicted molar refractivity (Wildman–Crippen MR) is 74.4 cm³/mol. The molecule has 0 heterocycles. The number of halogens is 1. The Morgan fingerprint density at radius 3 is 2.21 bits per heavy atom. The number of nitrogens with one attached hydrogen (secondary N) is 1. The Morgan fingerprint density at radius 1 is 1.16 bits per heavy atom. The van der Waals surface area contributed by atoms with E-state index in [0.29, 0.717) is 22.2 Å². The predicted octanol–water partition coefficient (Wildman–Crippen LogP) is 3.70. The summed E-state index contributed by atoms with van der Waals surface area (Å²) in [5.74, 6) is 0.903. The van der Waals surface area contributed by atoms with Crippen LogP contribution in [0, 0.1) is 0 Å². The molecule has 0 atom stereocenters. The minimum absolute atomic E-state index is 0.370. The maximum absolute atomic E-state index is 11.7. The first-order valence-corrected chi connectivity index (χ1v) is 6.06. The van der Waals surface area contributed by atoms with Crippen LogP contribution in [0.5, 0.6) is 11.5 Å². The van der Waals surface area contributed by atoms with Crippen LogP contribution in [0.25, 0.3) is 0 Å². The molecule has 1 aromatic rings. The van der Waals surface area contributed by atoms with Crippen LogP contribution in [-0.2, 0) is 4.74 Å². The summed E-state index contributed by atoms with van der Waals surface area (Å²) in [6.07, 6.45) is -0.577. The van der Waals surface area contributed by atoms with Gasteiger partial charge in [-0.2, -0.15) is 0 Å². The van der Waals surface area contributed by atoms with Gasteiger partial charge in [0.15, 0.2) is 0 Å². The Balaban J connectivity index is 2.94. The van der Waals surface area contributed by atoms with Gasteiger partial charge in [-0.25, -0.2) is 4.79 Å². The molecule has 5 nitrogen and oxygen atoms in total. The second kappa shape index (κ2) is 6.02. The highest BCUT2D eigenvalue weighted by Gasteiger charge is 2.18. The van der Waals surface area contributed by atoms with Crippen LogP contribution in [-0.4, -0.2) is 25.9 Å². The van der Waals surface area contributed by atoms with Crippen LogP contribution in [0.4, 0.5) is 10.5 Å². The summed E-state index contributed by atoms with van der Waals surface area (Å²) in [5, 5.41) is 2.95. The lowest BCUT2D eigenvalue weighted by Gasteiger charge is -2.20. The third-order valence-corrected chi connectivity index (χ3v) is 2.40. The molecule has 0 aliphatic carbocycles. The van der Waals surface area contributed by atoms with Crippen molar-refractivity contribution >= 4 is 23.4 Å². The summed E-state index contributed by atoms with van der Waals surface area (Å²) in [4.78, 5) is 11.7. The third kappa shape index (κ3) is 4.52. The summed E-state index contributed by atoms with van der Waals surface area (Å²) < 4.78 is 15.4. The summed E-state index contributed by atoms with van der Waals surface area (Å²) in [6.45, 7) is 5.35. The lowest BCUT2D eigenvalue weighted by Crippen LogP contribution is -2.27. The molecular weight excluding hydrogens is 270 g/mol. The molecule has 1 N–H and O–H groups in total. The van der Waals surface area contributed by atoms with E-state index >= 15 is 0 Å². The second-order valence-electron chi connectivity index (χ2n) is 4.81. The highest BCUT2D eigenvalue weighted by Crippen LogP contribution is 2.36. The molecule has 1 rings (SSSR count). The molecule has 1 amide bonds. The van der Waals surface area contributed by atoms with E-state index in [2.05, 4.69) is 5.32 Å². The zero-order valence-corrected chi connectivity index (χ0v) is 12.4. The van der Waals surface area contributed by atoms with Crippen LogP contribution in [0.2, 0.25) is 5.02 Å². The summed E-state index contributed by atoms with van der Waals surface area (Å²) in [6, 6.07) is 3.14. The van der Waals surface area contributed by atoms with Crippen molar-refractivity contribution in [3.63, 3.8) is 0 Å². The Labute approximate surface area is 117 Å². The molecule has 0 saturated carbocycles. The minimum Gasteiger partial charge on any atom is -0.495 e. The van der Waals surface area contributed by atoms with Gasteiger partial charge < -0.3 is 14.2 Å². The van der Waals surface area contributed by atoms with E-state index in [9.17, 15) is 4.79 Å². The number of rotatable bonds is 3. The van der Waals surface area contributed by atoms with Gasteiger partial charge in [-0.05, 0) is 26.8 Å². The maximum atomic E-state index is 11.7. The molecule has 0 radical (unpaired) electrons. The first-order valence-electron chi connectivity index (χ1n) is 5.68. The molecule has 0 fully saturated rings. The van der Waals surface area contributed by atoms with Gasteiger partial charge in [-0.3, -0.25) is 5.32 Å². The van der Waals surface area contributed by atoms with Crippen molar-refractivity contribution in [1.82, 2.24) is 0 Å².